The van der Waals surface area contributed by atoms with Crippen LogP contribution >= 0.6 is 0 Å². The van der Waals surface area contributed by atoms with Gasteiger partial charge in [0.15, 0.2) is 0 Å². The van der Waals surface area contributed by atoms with Crippen LogP contribution in [-0.2, 0) is 6.61 Å². The first kappa shape index (κ1) is 19.5. The van der Waals surface area contributed by atoms with E-state index in [9.17, 15) is 9.59 Å². The number of hydrogen-bond acceptors (Lipinski definition) is 6. The van der Waals surface area contributed by atoms with Crippen molar-refractivity contribution in [1.82, 2.24) is 20.3 Å². The molecule has 1 aliphatic rings. The number of hydrogen-bond donors (Lipinski definition) is 2. The predicted molar refractivity (Wildman–Crippen MR) is 110 cm³/mol. The Kier molecular flexibility index (Phi) is 5.38. The number of nitrogens with one attached hydrogen (secondary N) is 1. The maximum atomic E-state index is 12.5. The minimum absolute atomic E-state index is 0.0906. The lowest BCUT2D eigenvalue weighted by Gasteiger charge is -2.13. The molecule has 8 nitrogen and oxygen atoms in total. The van der Waals surface area contributed by atoms with Crippen LogP contribution in [0.5, 0.6) is 6.01 Å². The topological polar surface area (TPSA) is 120 Å². The fourth-order valence-corrected chi connectivity index (χ4v) is 2.96. The molecule has 1 saturated carbocycles. The highest BCUT2D eigenvalue weighted by Gasteiger charge is 2.24. The van der Waals surface area contributed by atoms with Crippen molar-refractivity contribution >= 4 is 11.8 Å². The molecule has 0 unspecified atom stereocenters. The summed E-state index contributed by atoms with van der Waals surface area (Å²) in [6.45, 7) is 2.05. The van der Waals surface area contributed by atoms with Gasteiger partial charge >= 0.3 is 6.01 Å². The van der Waals surface area contributed by atoms with E-state index in [4.69, 9.17) is 10.5 Å². The van der Waals surface area contributed by atoms with Crippen molar-refractivity contribution in [2.24, 2.45) is 5.73 Å². The molecule has 1 aliphatic carbocycles. The Morgan fingerprint density at radius 1 is 1.20 bits per heavy atom. The van der Waals surface area contributed by atoms with Gasteiger partial charge in [-0.25, -0.2) is 4.98 Å². The maximum absolute atomic E-state index is 12.5. The highest BCUT2D eigenvalue weighted by atomic mass is 16.5. The molecule has 0 saturated heterocycles. The van der Waals surface area contributed by atoms with Gasteiger partial charge in [-0.05, 0) is 49.6 Å². The molecule has 1 fully saturated rings. The zero-order chi connectivity index (χ0) is 21.1. The largest absolute Gasteiger partial charge is 0.457 e. The highest BCUT2D eigenvalue weighted by molar-refractivity contribution is 6.00. The molecule has 152 valence electrons. The molecule has 0 spiro atoms. The Bertz CT molecular complexity index is 1100. The van der Waals surface area contributed by atoms with Crippen LogP contribution in [0, 0.1) is 6.92 Å². The van der Waals surface area contributed by atoms with Crippen molar-refractivity contribution < 1.29 is 14.3 Å². The van der Waals surface area contributed by atoms with Gasteiger partial charge in [0.25, 0.3) is 11.8 Å². The molecule has 0 aliphatic heterocycles. The quantitative estimate of drug-likeness (QED) is 0.625. The summed E-state index contributed by atoms with van der Waals surface area (Å²) in [7, 11) is 0. The van der Waals surface area contributed by atoms with Gasteiger partial charge < -0.3 is 15.8 Å². The lowest BCUT2D eigenvalue weighted by Crippen LogP contribution is -2.25. The lowest BCUT2D eigenvalue weighted by molar-refractivity contribution is 0.0950. The second-order valence-electron chi connectivity index (χ2n) is 7.17. The van der Waals surface area contributed by atoms with E-state index in [2.05, 4.69) is 20.3 Å². The number of carbonyl (C=O) groups excluding carboxylic acids is 2. The normalized spacial score (nSPS) is 13.0. The Hall–Kier alpha value is -3.81. The number of pyridine rings is 1. The maximum Gasteiger partial charge on any atom is 0.317 e. The summed E-state index contributed by atoms with van der Waals surface area (Å²) >= 11 is 0. The van der Waals surface area contributed by atoms with E-state index in [0.717, 1.165) is 24.1 Å². The van der Waals surface area contributed by atoms with Gasteiger partial charge in [0.1, 0.15) is 6.61 Å². The molecule has 0 bridgehead atoms. The van der Waals surface area contributed by atoms with Gasteiger partial charge in [-0.1, -0.05) is 12.1 Å². The molecule has 0 radical (unpaired) electrons. The summed E-state index contributed by atoms with van der Waals surface area (Å²) in [4.78, 5) is 37.2. The first-order valence-electron chi connectivity index (χ1n) is 9.62. The van der Waals surface area contributed by atoms with E-state index in [1.54, 1.807) is 18.3 Å². The van der Waals surface area contributed by atoms with E-state index < -0.39 is 5.91 Å². The SMILES string of the molecule is Cc1ccc(C(=O)NC2CC2)cc1-c1nc(OCc2ccccn2)ncc1C(N)=O. The molecule has 3 N–H and O–H groups in total. The van der Waals surface area contributed by atoms with E-state index in [-0.39, 0.29) is 30.1 Å². The van der Waals surface area contributed by atoms with Crippen molar-refractivity contribution in [3.8, 4) is 17.3 Å². The number of benzene rings is 1. The Labute approximate surface area is 173 Å². The van der Waals surface area contributed by atoms with Gasteiger partial charge in [0.05, 0.1) is 17.0 Å². The third-order valence-corrected chi connectivity index (χ3v) is 4.77. The van der Waals surface area contributed by atoms with Crippen molar-refractivity contribution in [3.63, 3.8) is 0 Å². The molecule has 30 heavy (non-hydrogen) atoms. The van der Waals surface area contributed by atoms with Crippen molar-refractivity contribution in [2.45, 2.75) is 32.4 Å². The number of nitrogens with two attached hydrogens (primary N) is 1. The van der Waals surface area contributed by atoms with Crippen molar-refractivity contribution in [3.05, 3.63) is 71.2 Å². The molecular weight excluding hydrogens is 382 g/mol. The molecule has 1 aromatic carbocycles. The average molecular weight is 403 g/mol. The number of nitrogens with zero attached hydrogens (tertiary/aromatic N) is 3. The van der Waals surface area contributed by atoms with Crippen LogP contribution in [0.15, 0.2) is 48.8 Å². The highest BCUT2D eigenvalue weighted by Crippen LogP contribution is 2.28. The zero-order valence-corrected chi connectivity index (χ0v) is 16.5. The van der Waals surface area contributed by atoms with Gasteiger partial charge in [0, 0.05) is 29.6 Å². The predicted octanol–water partition coefficient (Wildman–Crippen LogP) is 2.42. The van der Waals surface area contributed by atoms with E-state index in [1.807, 2.05) is 31.2 Å². The number of amides is 2. The zero-order valence-electron chi connectivity index (χ0n) is 16.5. The Morgan fingerprint density at radius 2 is 2.03 bits per heavy atom. The van der Waals surface area contributed by atoms with E-state index in [0.29, 0.717) is 16.8 Å². The molecule has 0 atom stereocenters. The van der Waals surface area contributed by atoms with Crippen LogP contribution < -0.4 is 15.8 Å². The summed E-state index contributed by atoms with van der Waals surface area (Å²) in [6.07, 6.45) is 5.01. The summed E-state index contributed by atoms with van der Waals surface area (Å²) in [6, 6.07) is 11.1. The molecule has 2 amide bonds. The first-order chi connectivity index (χ1) is 14.5. The van der Waals surface area contributed by atoms with Crippen LogP contribution in [0.2, 0.25) is 0 Å². The van der Waals surface area contributed by atoms with E-state index in [1.165, 1.54) is 6.20 Å². The number of primary amides is 1. The Balaban J connectivity index is 1.67. The molecule has 3 aromatic rings. The van der Waals surface area contributed by atoms with Crippen LogP contribution in [0.1, 0.15) is 44.8 Å². The molecular formula is C22H21N5O3. The summed E-state index contributed by atoms with van der Waals surface area (Å²) < 4.78 is 5.65. The van der Waals surface area contributed by atoms with Gasteiger partial charge in [-0.3, -0.25) is 14.6 Å². The van der Waals surface area contributed by atoms with Gasteiger partial charge in [-0.15, -0.1) is 0 Å². The van der Waals surface area contributed by atoms with E-state index >= 15 is 0 Å². The standard InChI is InChI=1S/C22H21N5O3/c1-13-5-6-14(21(29)26-15-7-8-15)10-17(13)19-18(20(23)28)11-25-22(27-19)30-12-16-4-2-3-9-24-16/h2-6,9-11,15H,7-8,12H2,1H3,(H2,23,28)(H,26,29). The van der Waals surface area contributed by atoms with Crippen LogP contribution in [-0.4, -0.2) is 32.8 Å². The van der Waals surface area contributed by atoms with Gasteiger partial charge in [-0.2, -0.15) is 4.98 Å². The lowest BCUT2D eigenvalue weighted by atomic mass is 9.98. The molecule has 2 heterocycles. The van der Waals surface area contributed by atoms with Crippen LogP contribution in [0.25, 0.3) is 11.3 Å². The Morgan fingerprint density at radius 3 is 2.73 bits per heavy atom. The number of carbonyl (C=O) groups is 2. The number of ether oxygens (including phenoxy) is 1. The summed E-state index contributed by atoms with van der Waals surface area (Å²) in [5, 5.41) is 2.96. The average Bonchev–Trinajstić information content (AvgIpc) is 3.57. The van der Waals surface area contributed by atoms with Crippen LogP contribution in [0.3, 0.4) is 0 Å². The molecule has 4 rings (SSSR count). The third-order valence-electron chi connectivity index (χ3n) is 4.77. The van der Waals surface area contributed by atoms with Crippen molar-refractivity contribution in [2.75, 3.05) is 0 Å². The van der Waals surface area contributed by atoms with Crippen LogP contribution in [0.4, 0.5) is 0 Å². The minimum atomic E-state index is -0.659. The second kappa shape index (κ2) is 8.28. The fourth-order valence-electron chi connectivity index (χ4n) is 2.96. The molecule has 2 aromatic heterocycles. The van der Waals surface area contributed by atoms with Crippen molar-refractivity contribution in [1.29, 1.82) is 0 Å². The number of rotatable bonds is 7. The number of aromatic nitrogens is 3. The molecule has 8 heteroatoms. The third kappa shape index (κ3) is 4.43. The van der Waals surface area contributed by atoms with Gasteiger partial charge in [0.2, 0.25) is 0 Å². The fraction of sp³-hybridized carbons (Fsp3) is 0.227. The second-order valence-corrected chi connectivity index (χ2v) is 7.17. The summed E-state index contributed by atoms with van der Waals surface area (Å²) in [5.74, 6) is -0.812. The number of aryl methyl sites for hydroxylation is 1. The minimum Gasteiger partial charge on any atom is -0.457 e. The monoisotopic (exact) mass is 403 g/mol. The summed E-state index contributed by atoms with van der Waals surface area (Å²) in [5.41, 5.74) is 8.70. The first-order valence-corrected chi connectivity index (χ1v) is 9.62. The smallest absolute Gasteiger partial charge is 0.317 e.